The van der Waals surface area contributed by atoms with E-state index in [-0.39, 0.29) is 12.0 Å². The minimum atomic E-state index is -0.727. The van der Waals surface area contributed by atoms with Gasteiger partial charge in [-0.3, -0.25) is 9.69 Å². The second-order valence-corrected chi connectivity index (χ2v) is 7.45. The molecule has 2 aliphatic rings. The van der Waals surface area contributed by atoms with Gasteiger partial charge in [-0.2, -0.15) is 5.26 Å². The first-order valence-corrected chi connectivity index (χ1v) is 8.86. The standard InChI is InChI=1S/C16H22N4O2S/c1-11-9-23-15(18-11)13-7-20(5-6-22-13)8-14(21)19-16(2,10-17)12-3-4-12/h9,12-13H,3-8H2,1-2H3,(H,19,21). The second kappa shape index (κ2) is 6.56. The maximum Gasteiger partial charge on any atom is 0.235 e. The van der Waals surface area contributed by atoms with Crippen LogP contribution in [0.1, 0.15) is 36.6 Å². The number of morpholine rings is 1. The maximum atomic E-state index is 12.3. The van der Waals surface area contributed by atoms with E-state index in [0.29, 0.717) is 25.6 Å². The molecule has 1 aliphatic heterocycles. The monoisotopic (exact) mass is 334 g/mol. The van der Waals surface area contributed by atoms with Crippen molar-refractivity contribution in [2.75, 3.05) is 26.2 Å². The number of aryl methyl sites for hydroxylation is 1. The number of carbonyl (C=O) groups excluding carboxylic acids is 1. The van der Waals surface area contributed by atoms with Gasteiger partial charge in [0.1, 0.15) is 16.7 Å². The Hall–Kier alpha value is -1.49. The number of carbonyl (C=O) groups is 1. The van der Waals surface area contributed by atoms with E-state index in [9.17, 15) is 10.1 Å². The highest BCUT2D eigenvalue weighted by Crippen LogP contribution is 2.39. The molecule has 1 aromatic rings. The number of hydrogen-bond acceptors (Lipinski definition) is 6. The van der Waals surface area contributed by atoms with E-state index in [0.717, 1.165) is 30.1 Å². The largest absolute Gasteiger partial charge is 0.368 e. The Morgan fingerprint density at radius 2 is 2.43 bits per heavy atom. The maximum absolute atomic E-state index is 12.3. The summed E-state index contributed by atoms with van der Waals surface area (Å²) in [7, 11) is 0. The summed E-state index contributed by atoms with van der Waals surface area (Å²) in [5, 5.41) is 15.2. The molecular formula is C16H22N4O2S. The summed E-state index contributed by atoms with van der Waals surface area (Å²) in [5.74, 6) is 0.212. The van der Waals surface area contributed by atoms with Crippen molar-refractivity contribution in [1.29, 1.82) is 5.26 Å². The van der Waals surface area contributed by atoms with E-state index < -0.39 is 5.54 Å². The number of nitrogens with zero attached hydrogens (tertiary/aromatic N) is 3. The highest BCUT2D eigenvalue weighted by atomic mass is 32.1. The SMILES string of the molecule is Cc1csc(C2CN(CC(=O)NC(C)(C#N)C3CC3)CCO2)n1. The fourth-order valence-corrected chi connectivity index (χ4v) is 3.76. The van der Waals surface area contributed by atoms with Crippen LogP contribution in [-0.4, -0.2) is 47.6 Å². The molecule has 1 aromatic heterocycles. The minimum Gasteiger partial charge on any atom is -0.368 e. The molecule has 6 nitrogen and oxygen atoms in total. The number of nitrogens with one attached hydrogen (secondary N) is 1. The summed E-state index contributed by atoms with van der Waals surface area (Å²) in [6.07, 6.45) is 1.97. The third kappa shape index (κ3) is 3.89. The predicted octanol–water partition coefficient (Wildman–Crippen LogP) is 1.63. The molecule has 1 saturated carbocycles. The number of ether oxygens (including phenoxy) is 1. The molecule has 0 aromatic carbocycles. The molecule has 0 spiro atoms. The third-order valence-corrected chi connectivity index (χ3v) is 5.51. The van der Waals surface area contributed by atoms with E-state index in [1.54, 1.807) is 11.3 Å². The zero-order valence-electron chi connectivity index (χ0n) is 13.5. The van der Waals surface area contributed by atoms with Gasteiger partial charge >= 0.3 is 0 Å². The van der Waals surface area contributed by atoms with Crippen LogP contribution in [-0.2, 0) is 9.53 Å². The molecule has 2 heterocycles. The summed E-state index contributed by atoms with van der Waals surface area (Å²) in [6.45, 7) is 6.06. The lowest BCUT2D eigenvalue weighted by atomic mass is 9.98. The van der Waals surface area contributed by atoms with Crippen LogP contribution in [0.3, 0.4) is 0 Å². The molecule has 3 rings (SSSR count). The summed E-state index contributed by atoms with van der Waals surface area (Å²) in [5.41, 5.74) is 0.271. The van der Waals surface area contributed by atoms with Gasteiger partial charge in [-0.15, -0.1) is 11.3 Å². The Bertz CT molecular complexity index is 622. The smallest absolute Gasteiger partial charge is 0.235 e. The molecule has 2 fully saturated rings. The molecular weight excluding hydrogens is 312 g/mol. The Morgan fingerprint density at radius 1 is 1.65 bits per heavy atom. The molecule has 1 aliphatic carbocycles. The van der Waals surface area contributed by atoms with Crippen LogP contribution in [0, 0.1) is 24.2 Å². The van der Waals surface area contributed by atoms with Crippen molar-refractivity contribution < 1.29 is 9.53 Å². The molecule has 1 N–H and O–H groups in total. The van der Waals surface area contributed by atoms with Crippen molar-refractivity contribution in [3.63, 3.8) is 0 Å². The van der Waals surface area contributed by atoms with Crippen molar-refractivity contribution in [2.45, 2.75) is 38.3 Å². The van der Waals surface area contributed by atoms with Gasteiger partial charge in [0.2, 0.25) is 5.91 Å². The minimum absolute atomic E-state index is 0.0685. The van der Waals surface area contributed by atoms with E-state index in [4.69, 9.17) is 4.74 Å². The van der Waals surface area contributed by atoms with Crippen molar-refractivity contribution in [3.05, 3.63) is 16.1 Å². The molecule has 23 heavy (non-hydrogen) atoms. The average molecular weight is 334 g/mol. The van der Waals surface area contributed by atoms with Crippen LogP contribution in [0.2, 0.25) is 0 Å². The molecule has 2 atom stereocenters. The fourth-order valence-electron chi connectivity index (χ4n) is 2.93. The van der Waals surface area contributed by atoms with Gasteiger partial charge in [0, 0.05) is 24.2 Å². The zero-order chi connectivity index (χ0) is 16.4. The van der Waals surface area contributed by atoms with Gasteiger partial charge in [-0.1, -0.05) is 0 Å². The van der Waals surface area contributed by atoms with E-state index in [2.05, 4.69) is 21.3 Å². The third-order valence-electron chi connectivity index (χ3n) is 4.46. The first-order valence-electron chi connectivity index (χ1n) is 7.98. The first kappa shape index (κ1) is 16.4. The Balaban J connectivity index is 1.55. The summed E-state index contributed by atoms with van der Waals surface area (Å²) < 4.78 is 5.78. The Labute approximate surface area is 140 Å². The lowest BCUT2D eigenvalue weighted by Gasteiger charge is -2.32. The van der Waals surface area contributed by atoms with E-state index in [1.165, 1.54) is 0 Å². The number of hydrogen-bond donors (Lipinski definition) is 1. The lowest BCUT2D eigenvalue weighted by Crippen LogP contribution is -2.51. The average Bonchev–Trinajstić information content (AvgIpc) is 3.30. The van der Waals surface area contributed by atoms with Gasteiger partial charge < -0.3 is 10.1 Å². The molecule has 2 unspecified atom stereocenters. The Kier molecular flexibility index (Phi) is 4.67. The molecule has 7 heteroatoms. The molecule has 1 amide bonds. The number of amides is 1. The highest BCUT2D eigenvalue weighted by molar-refractivity contribution is 7.09. The van der Waals surface area contributed by atoms with Crippen molar-refractivity contribution in [1.82, 2.24) is 15.2 Å². The summed E-state index contributed by atoms with van der Waals surface area (Å²) in [4.78, 5) is 18.9. The van der Waals surface area contributed by atoms with Gasteiger partial charge in [0.15, 0.2) is 0 Å². The zero-order valence-corrected chi connectivity index (χ0v) is 14.4. The Morgan fingerprint density at radius 3 is 3.04 bits per heavy atom. The number of thiazole rings is 1. The van der Waals surface area contributed by atoms with Crippen LogP contribution < -0.4 is 5.32 Å². The van der Waals surface area contributed by atoms with Crippen molar-refractivity contribution in [2.24, 2.45) is 5.92 Å². The quantitative estimate of drug-likeness (QED) is 0.885. The number of nitriles is 1. The topological polar surface area (TPSA) is 78.2 Å². The number of rotatable bonds is 5. The molecule has 0 radical (unpaired) electrons. The molecule has 124 valence electrons. The highest BCUT2D eigenvalue weighted by Gasteiger charge is 2.43. The van der Waals surface area contributed by atoms with E-state index >= 15 is 0 Å². The summed E-state index contributed by atoms with van der Waals surface area (Å²) >= 11 is 1.60. The van der Waals surface area contributed by atoms with Crippen molar-refractivity contribution in [3.8, 4) is 6.07 Å². The normalized spacial score (nSPS) is 24.7. The van der Waals surface area contributed by atoms with Crippen LogP contribution in [0.4, 0.5) is 0 Å². The molecule has 0 bridgehead atoms. The van der Waals surface area contributed by atoms with Crippen molar-refractivity contribution >= 4 is 17.2 Å². The van der Waals surface area contributed by atoms with Crippen LogP contribution in [0.5, 0.6) is 0 Å². The number of aromatic nitrogens is 1. The van der Waals surface area contributed by atoms with Gasteiger partial charge in [-0.25, -0.2) is 4.98 Å². The predicted molar refractivity (Wildman–Crippen MR) is 86.9 cm³/mol. The lowest BCUT2D eigenvalue weighted by molar-refractivity contribution is -0.125. The first-order chi connectivity index (χ1) is 11.0. The van der Waals surface area contributed by atoms with Crippen LogP contribution in [0.15, 0.2) is 5.38 Å². The van der Waals surface area contributed by atoms with E-state index in [1.807, 2.05) is 19.2 Å². The molecule has 1 saturated heterocycles. The summed E-state index contributed by atoms with van der Waals surface area (Å²) in [6, 6.07) is 2.26. The van der Waals surface area contributed by atoms with Gasteiger partial charge in [-0.05, 0) is 32.6 Å². The van der Waals surface area contributed by atoms with Gasteiger partial charge in [0.25, 0.3) is 0 Å². The fraction of sp³-hybridized carbons (Fsp3) is 0.688. The van der Waals surface area contributed by atoms with Crippen LogP contribution >= 0.6 is 11.3 Å². The second-order valence-electron chi connectivity index (χ2n) is 6.56. The van der Waals surface area contributed by atoms with Crippen LogP contribution in [0.25, 0.3) is 0 Å². The van der Waals surface area contributed by atoms with Gasteiger partial charge in [0.05, 0.1) is 19.2 Å².